The maximum Gasteiger partial charge on any atom is 0.204 e. The van der Waals surface area contributed by atoms with Gasteiger partial charge in [-0.25, -0.2) is 0 Å². The van der Waals surface area contributed by atoms with Gasteiger partial charge < -0.3 is 35.7 Å². The Labute approximate surface area is 305 Å². The lowest BCUT2D eigenvalue weighted by atomic mass is 9.80. The number of aromatic hydroxyl groups is 7. The predicted molar refractivity (Wildman–Crippen MR) is 210 cm³/mol. The van der Waals surface area contributed by atoms with Crippen LogP contribution in [0.1, 0.15) is 25.0 Å². The Kier molecular flexibility index (Phi) is 6.73. The van der Waals surface area contributed by atoms with Crippen LogP contribution in [0.25, 0.3) is 76.8 Å². The summed E-state index contributed by atoms with van der Waals surface area (Å²) in [6.45, 7) is 4.38. The minimum Gasteiger partial charge on any atom is -0.508 e. The quantitative estimate of drug-likeness (QED) is 0.0423. The molecule has 0 aliphatic heterocycles. The van der Waals surface area contributed by atoms with E-state index in [1.54, 1.807) is 24.3 Å². The number of rotatable bonds is 3. The molecule has 0 saturated carbocycles. The summed E-state index contributed by atoms with van der Waals surface area (Å²) in [5, 5.41) is 81.0. The van der Waals surface area contributed by atoms with Gasteiger partial charge in [-0.15, -0.1) is 0 Å². The van der Waals surface area contributed by atoms with Crippen LogP contribution in [0.2, 0.25) is 0 Å². The summed E-state index contributed by atoms with van der Waals surface area (Å²) in [6, 6.07) is 34.7. The van der Waals surface area contributed by atoms with Crippen molar-refractivity contribution in [2.24, 2.45) is 0 Å². The Balaban J connectivity index is 1.40. The van der Waals surface area contributed by atoms with E-state index in [1.165, 1.54) is 11.1 Å². The van der Waals surface area contributed by atoms with Crippen LogP contribution in [-0.2, 0) is 5.41 Å². The molecular formula is C45H31BO7. The van der Waals surface area contributed by atoms with Gasteiger partial charge >= 0.3 is 0 Å². The molecule has 8 aromatic rings. The van der Waals surface area contributed by atoms with E-state index in [9.17, 15) is 35.7 Å². The first kappa shape index (κ1) is 32.1. The second-order valence-corrected chi connectivity index (χ2v) is 14.2. The molecule has 0 heterocycles. The molecule has 8 heteroatoms. The van der Waals surface area contributed by atoms with Crippen molar-refractivity contribution >= 4 is 45.6 Å². The summed E-state index contributed by atoms with van der Waals surface area (Å²) in [4.78, 5) is 0. The van der Waals surface area contributed by atoms with Gasteiger partial charge in [0.1, 0.15) is 13.6 Å². The van der Waals surface area contributed by atoms with E-state index in [0.29, 0.717) is 11.1 Å². The standard InChI is InChI=1S/C45H31BO7/c1-45(2)29-13-6-5-12-27(29)28-17-16-24(20-30(28)45)23-10-7-11-25(19-23)31-34-33(38(47)37(46)42(51)39(34)48)32(26-15-14-21-8-3-4-9-22(21)18-26)36-35(31)40(49)43(52)44(53)41(36)50/h3-20,47-53H,1-2H3. The molecule has 2 radical (unpaired) electrons. The molecular weight excluding hydrogens is 663 g/mol. The Morgan fingerprint density at radius 1 is 0.396 bits per heavy atom. The fourth-order valence-electron chi connectivity index (χ4n) is 8.31. The molecule has 0 aromatic heterocycles. The van der Waals surface area contributed by atoms with Crippen LogP contribution in [-0.4, -0.2) is 43.6 Å². The van der Waals surface area contributed by atoms with Crippen molar-refractivity contribution in [3.63, 3.8) is 0 Å². The molecule has 8 aromatic carbocycles. The topological polar surface area (TPSA) is 142 Å². The van der Waals surface area contributed by atoms with Gasteiger partial charge in [0.2, 0.25) is 11.5 Å². The third-order valence-electron chi connectivity index (χ3n) is 11.0. The van der Waals surface area contributed by atoms with Gasteiger partial charge in [0.25, 0.3) is 0 Å². The molecule has 7 nitrogen and oxygen atoms in total. The van der Waals surface area contributed by atoms with E-state index in [2.05, 4.69) is 38.1 Å². The van der Waals surface area contributed by atoms with Crippen LogP contribution in [0.5, 0.6) is 40.2 Å². The van der Waals surface area contributed by atoms with Gasteiger partial charge in [-0.1, -0.05) is 105 Å². The SMILES string of the molecule is [B]c1c(O)c(O)c2c(-c3cccc(-c4ccc5c(c4)C(C)(C)c4ccccc4-5)c3)c3c(O)c(O)c(O)c(O)c3c(-c3ccc4ccccc4c3)c2c1O. The fraction of sp³-hybridized carbons (Fsp3) is 0.0667. The van der Waals surface area contributed by atoms with Crippen molar-refractivity contribution in [2.45, 2.75) is 19.3 Å². The van der Waals surface area contributed by atoms with Crippen LogP contribution < -0.4 is 5.46 Å². The second-order valence-electron chi connectivity index (χ2n) is 14.2. The Morgan fingerprint density at radius 2 is 0.906 bits per heavy atom. The van der Waals surface area contributed by atoms with Crippen LogP contribution in [0.3, 0.4) is 0 Å². The zero-order chi connectivity index (χ0) is 37.1. The molecule has 256 valence electrons. The molecule has 1 aliphatic rings. The van der Waals surface area contributed by atoms with Gasteiger partial charge in [-0.05, 0) is 78.9 Å². The van der Waals surface area contributed by atoms with Crippen molar-refractivity contribution in [3.8, 4) is 84.8 Å². The minimum absolute atomic E-state index is 0.0569. The number of phenols is 7. The lowest BCUT2D eigenvalue weighted by Gasteiger charge is -2.23. The third-order valence-corrected chi connectivity index (χ3v) is 11.0. The highest BCUT2D eigenvalue weighted by molar-refractivity contribution is 6.41. The number of hydrogen-bond donors (Lipinski definition) is 7. The smallest absolute Gasteiger partial charge is 0.204 e. The highest BCUT2D eigenvalue weighted by atomic mass is 16.3. The lowest BCUT2D eigenvalue weighted by molar-refractivity contribution is 0.351. The van der Waals surface area contributed by atoms with E-state index in [0.717, 1.165) is 33.0 Å². The van der Waals surface area contributed by atoms with E-state index >= 15 is 0 Å². The summed E-state index contributed by atoms with van der Waals surface area (Å²) in [5.74, 6) is -5.60. The molecule has 9 rings (SSSR count). The van der Waals surface area contributed by atoms with Crippen LogP contribution in [0.15, 0.2) is 109 Å². The summed E-state index contributed by atoms with van der Waals surface area (Å²) in [6.07, 6.45) is 0. The van der Waals surface area contributed by atoms with Crippen molar-refractivity contribution < 1.29 is 35.7 Å². The highest BCUT2D eigenvalue weighted by Gasteiger charge is 2.36. The Hall–Kier alpha value is -6.80. The summed E-state index contributed by atoms with van der Waals surface area (Å²) < 4.78 is 0. The van der Waals surface area contributed by atoms with Crippen LogP contribution in [0, 0.1) is 0 Å². The molecule has 53 heavy (non-hydrogen) atoms. The Morgan fingerprint density at radius 3 is 1.60 bits per heavy atom. The van der Waals surface area contributed by atoms with E-state index in [-0.39, 0.29) is 38.1 Å². The molecule has 0 spiro atoms. The fourth-order valence-corrected chi connectivity index (χ4v) is 8.31. The first-order chi connectivity index (χ1) is 25.4. The number of hydrogen-bond acceptors (Lipinski definition) is 7. The number of benzene rings is 8. The van der Waals surface area contributed by atoms with Gasteiger partial charge in [-0.3, -0.25) is 0 Å². The highest BCUT2D eigenvalue weighted by Crippen LogP contribution is 2.60. The van der Waals surface area contributed by atoms with Gasteiger partial charge in [-0.2, -0.15) is 0 Å². The zero-order valence-corrected chi connectivity index (χ0v) is 28.6. The third kappa shape index (κ3) is 4.35. The lowest BCUT2D eigenvalue weighted by Crippen LogP contribution is -2.14. The van der Waals surface area contributed by atoms with Crippen molar-refractivity contribution in [1.29, 1.82) is 0 Å². The van der Waals surface area contributed by atoms with Crippen molar-refractivity contribution in [1.82, 2.24) is 0 Å². The monoisotopic (exact) mass is 694 g/mol. The molecule has 0 unspecified atom stereocenters. The molecule has 0 bridgehead atoms. The summed E-state index contributed by atoms with van der Waals surface area (Å²) in [5.41, 5.74) is 6.57. The normalized spacial score (nSPS) is 13.1. The number of phenolic OH excluding ortho intramolecular Hbond substituents is 7. The van der Waals surface area contributed by atoms with Gasteiger partial charge in [0, 0.05) is 38.1 Å². The first-order valence-corrected chi connectivity index (χ1v) is 17.1. The first-order valence-electron chi connectivity index (χ1n) is 17.1. The van der Waals surface area contributed by atoms with E-state index < -0.39 is 45.7 Å². The number of fused-ring (bicyclic) bond motifs is 6. The van der Waals surface area contributed by atoms with Crippen molar-refractivity contribution in [2.75, 3.05) is 0 Å². The van der Waals surface area contributed by atoms with E-state index in [4.69, 9.17) is 7.85 Å². The molecule has 0 fully saturated rings. The molecule has 7 N–H and O–H groups in total. The molecule has 0 saturated heterocycles. The largest absolute Gasteiger partial charge is 0.508 e. The maximum absolute atomic E-state index is 11.7. The zero-order valence-electron chi connectivity index (χ0n) is 28.6. The van der Waals surface area contributed by atoms with Crippen LogP contribution in [0.4, 0.5) is 0 Å². The minimum atomic E-state index is -0.986. The molecule has 0 atom stereocenters. The maximum atomic E-state index is 11.7. The average Bonchev–Trinajstić information content (AvgIpc) is 3.41. The Bertz CT molecular complexity index is 2830. The van der Waals surface area contributed by atoms with Crippen molar-refractivity contribution in [3.05, 3.63) is 120 Å². The van der Waals surface area contributed by atoms with Gasteiger partial charge in [0.05, 0.1) is 0 Å². The van der Waals surface area contributed by atoms with Crippen LogP contribution >= 0.6 is 0 Å². The summed E-state index contributed by atoms with van der Waals surface area (Å²) >= 11 is 0. The average molecular weight is 695 g/mol. The predicted octanol–water partition coefficient (Wildman–Crippen LogP) is 9.19. The van der Waals surface area contributed by atoms with E-state index in [1.807, 2.05) is 60.7 Å². The molecule has 0 amide bonds. The molecule has 1 aliphatic carbocycles. The summed E-state index contributed by atoms with van der Waals surface area (Å²) in [7, 11) is 6.18. The second kappa shape index (κ2) is 11.1. The van der Waals surface area contributed by atoms with Gasteiger partial charge in [0.15, 0.2) is 23.0 Å².